The van der Waals surface area contributed by atoms with Crippen LogP contribution in [-0.4, -0.2) is 53.4 Å². The molecule has 5 rings (SSSR count). The Bertz CT molecular complexity index is 1230. The summed E-state index contributed by atoms with van der Waals surface area (Å²) >= 11 is 0. The first-order valence-corrected chi connectivity index (χ1v) is 11.1. The monoisotopic (exact) mass is 477 g/mol. The van der Waals surface area contributed by atoms with Gasteiger partial charge in [-0.25, -0.2) is 14.6 Å². The molecule has 1 saturated heterocycles. The van der Waals surface area contributed by atoms with Gasteiger partial charge in [-0.2, -0.15) is 0 Å². The number of nitrogens with one attached hydrogen (secondary N) is 2. The number of hydrogen-bond acceptors (Lipinski definition) is 7. The minimum Gasteiger partial charge on any atom is -0.479 e. The molecular weight excluding hydrogens is 454 g/mol. The molecule has 2 heterocycles. The molecule has 2 aliphatic rings. The van der Waals surface area contributed by atoms with Crippen LogP contribution < -0.4 is 10.6 Å². The van der Waals surface area contributed by atoms with Gasteiger partial charge in [-0.3, -0.25) is 4.79 Å². The lowest BCUT2D eigenvalue weighted by Gasteiger charge is -2.23. The first-order valence-electron chi connectivity index (χ1n) is 11.1. The van der Waals surface area contributed by atoms with Crippen LogP contribution in [-0.2, 0) is 20.8 Å². The third kappa shape index (κ3) is 4.24. The molecule has 0 saturated carbocycles. The van der Waals surface area contributed by atoms with Crippen molar-refractivity contribution in [2.75, 3.05) is 19.8 Å². The number of benzene rings is 2. The van der Waals surface area contributed by atoms with Gasteiger partial charge in [0.15, 0.2) is 23.4 Å². The van der Waals surface area contributed by atoms with Crippen LogP contribution in [0, 0.1) is 0 Å². The summed E-state index contributed by atoms with van der Waals surface area (Å²) in [6, 6.07) is 16.0. The molecule has 0 bridgehead atoms. The van der Waals surface area contributed by atoms with Crippen LogP contribution in [0.25, 0.3) is 11.1 Å². The summed E-state index contributed by atoms with van der Waals surface area (Å²) in [6.45, 7) is 0.0710. The number of ether oxygens (including phenoxy) is 2. The largest absolute Gasteiger partial charge is 0.479 e. The highest BCUT2D eigenvalue weighted by molar-refractivity contribution is 5.97. The summed E-state index contributed by atoms with van der Waals surface area (Å²) in [4.78, 5) is 40.6. The van der Waals surface area contributed by atoms with E-state index < -0.39 is 23.5 Å². The number of nitrogens with zero attached hydrogens (tertiary/aromatic N) is 1. The van der Waals surface area contributed by atoms with Crippen LogP contribution in [0.3, 0.4) is 0 Å². The molecule has 2 amide bonds. The Balaban J connectivity index is 1.20. The number of aliphatic carboxylic acids is 1. The molecule has 1 fully saturated rings. The Morgan fingerprint density at radius 1 is 1.09 bits per heavy atom. The van der Waals surface area contributed by atoms with Gasteiger partial charge in [-0.05, 0) is 22.3 Å². The molecule has 10 heteroatoms. The molecule has 1 aliphatic carbocycles. The molecule has 0 radical (unpaired) electrons. The number of amides is 2. The van der Waals surface area contributed by atoms with Crippen molar-refractivity contribution in [2.24, 2.45) is 0 Å². The van der Waals surface area contributed by atoms with Gasteiger partial charge >= 0.3 is 12.1 Å². The SMILES string of the molecule is O=C(NCc1ocnc1C(=O)NC1(C(=O)O)CCOC1)OCC1c2ccccc2-c2ccccc21. The summed E-state index contributed by atoms with van der Waals surface area (Å²) in [5.41, 5.74) is 2.81. The normalized spacial score (nSPS) is 18.5. The number of oxazole rings is 1. The fraction of sp³-hybridized carbons (Fsp3) is 0.280. The van der Waals surface area contributed by atoms with E-state index in [1.807, 2.05) is 36.4 Å². The molecule has 0 spiro atoms. The van der Waals surface area contributed by atoms with Crippen molar-refractivity contribution in [1.29, 1.82) is 0 Å². The summed E-state index contributed by atoms with van der Waals surface area (Å²) < 4.78 is 15.9. The van der Waals surface area contributed by atoms with Crippen molar-refractivity contribution in [1.82, 2.24) is 15.6 Å². The Morgan fingerprint density at radius 2 is 1.77 bits per heavy atom. The minimum atomic E-state index is -1.52. The van der Waals surface area contributed by atoms with Crippen molar-refractivity contribution in [3.05, 3.63) is 77.5 Å². The molecule has 3 N–H and O–H groups in total. The van der Waals surface area contributed by atoms with E-state index in [9.17, 15) is 19.5 Å². The Labute approximate surface area is 200 Å². The maximum absolute atomic E-state index is 12.7. The number of alkyl carbamates (subject to hydrolysis) is 1. The number of fused-ring (bicyclic) bond motifs is 3. The zero-order valence-corrected chi connectivity index (χ0v) is 18.7. The number of carboxylic acids is 1. The van der Waals surface area contributed by atoms with Crippen LogP contribution in [0.1, 0.15) is 39.7 Å². The van der Waals surface area contributed by atoms with E-state index in [0.717, 1.165) is 28.6 Å². The predicted octanol–water partition coefficient (Wildman–Crippen LogP) is 2.69. The maximum Gasteiger partial charge on any atom is 0.407 e. The zero-order valence-electron chi connectivity index (χ0n) is 18.7. The number of hydrogen-bond donors (Lipinski definition) is 3. The Morgan fingerprint density at radius 3 is 2.40 bits per heavy atom. The average Bonchev–Trinajstić information content (AvgIpc) is 3.60. The molecule has 1 atom stereocenters. The van der Waals surface area contributed by atoms with E-state index in [4.69, 9.17) is 13.9 Å². The van der Waals surface area contributed by atoms with Gasteiger partial charge in [0.1, 0.15) is 6.61 Å². The standard InChI is InChI=1S/C25H23N3O7/c29-22(28-25(23(30)31)9-10-33-13-25)21-20(35-14-27-21)11-26-24(32)34-12-19-17-7-3-1-5-15(17)16-6-2-4-8-18(16)19/h1-8,14,19H,9-13H2,(H,26,32)(H,28,29)(H,30,31). The fourth-order valence-electron chi connectivity index (χ4n) is 4.55. The molecule has 10 nitrogen and oxygen atoms in total. The van der Waals surface area contributed by atoms with E-state index >= 15 is 0 Å². The first-order chi connectivity index (χ1) is 17.0. The highest BCUT2D eigenvalue weighted by Crippen LogP contribution is 2.44. The number of carbonyl (C=O) groups is 3. The molecule has 2 aromatic carbocycles. The Kier molecular flexibility index (Phi) is 5.96. The highest BCUT2D eigenvalue weighted by atomic mass is 16.5. The van der Waals surface area contributed by atoms with Gasteiger partial charge in [0.05, 0.1) is 13.2 Å². The second kappa shape index (κ2) is 9.22. The smallest absolute Gasteiger partial charge is 0.407 e. The van der Waals surface area contributed by atoms with Crippen molar-refractivity contribution in [2.45, 2.75) is 24.4 Å². The second-order valence-corrected chi connectivity index (χ2v) is 8.45. The lowest BCUT2D eigenvalue weighted by Crippen LogP contribution is -2.55. The number of aromatic nitrogens is 1. The van der Waals surface area contributed by atoms with E-state index in [0.29, 0.717) is 0 Å². The van der Waals surface area contributed by atoms with Gasteiger partial charge < -0.3 is 29.6 Å². The molecule has 35 heavy (non-hydrogen) atoms. The highest BCUT2D eigenvalue weighted by Gasteiger charge is 2.44. The maximum atomic E-state index is 12.7. The quantitative estimate of drug-likeness (QED) is 0.472. The molecule has 1 aliphatic heterocycles. The van der Waals surface area contributed by atoms with Crippen molar-refractivity contribution >= 4 is 18.0 Å². The summed E-state index contributed by atoms with van der Waals surface area (Å²) in [6.07, 6.45) is 0.516. The van der Waals surface area contributed by atoms with Crippen LogP contribution >= 0.6 is 0 Å². The van der Waals surface area contributed by atoms with Crippen LogP contribution in [0.4, 0.5) is 4.79 Å². The van der Waals surface area contributed by atoms with Crippen molar-refractivity contribution in [3.8, 4) is 11.1 Å². The number of carboxylic acid groups (broad SMARTS) is 1. The van der Waals surface area contributed by atoms with Gasteiger partial charge in [-0.1, -0.05) is 48.5 Å². The molecule has 1 unspecified atom stereocenters. The summed E-state index contributed by atoms with van der Waals surface area (Å²) in [5.74, 6) is -1.92. The van der Waals surface area contributed by atoms with Crippen molar-refractivity contribution in [3.63, 3.8) is 0 Å². The number of carbonyl (C=O) groups excluding carboxylic acids is 2. The third-order valence-corrected chi connectivity index (χ3v) is 6.38. The average molecular weight is 477 g/mol. The summed E-state index contributed by atoms with van der Waals surface area (Å²) in [5, 5.41) is 14.6. The van der Waals surface area contributed by atoms with E-state index in [-0.39, 0.29) is 50.2 Å². The second-order valence-electron chi connectivity index (χ2n) is 8.45. The van der Waals surface area contributed by atoms with Gasteiger partial charge in [0.2, 0.25) is 0 Å². The predicted molar refractivity (Wildman–Crippen MR) is 122 cm³/mol. The lowest BCUT2D eigenvalue weighted by molar-refractivity contribution is -0.144. The molecular formula is C25H23N3O7. The zero-order chi connectivity index (χ0) is 24.4. The topological polar surface area (TPSA) is 140 Å². The van der Waals surface area contributed by atoms with E-state index in [1.54, 1.807) is 0 Å². The first kappa shape index (κ1) is 22.6. The van der Waals surface area contributed by atoms with Crippen LogP contribution in [0.5, 0.6) is 0 Å². The Hall–Kier alpha value is -4.18. The van der Waals surface area contributed by atoms with E-state index in [2.05, 4.69) is 27.8 Å². The number of rotatable bonds is 7. The van der Waals surface area contributed by atoms with Gasteiger partial charge in [-0.15, -0.1) is 0 Å². The van der Waals surface area contributed by atoms with Gasteiger partial charge in [0, 0.05) is 18.9 Å². The van der Waals surface area contributed by atoms with Crippen LogP contribution in [0.15, 0.2) is 59.3 Å². The van der Waals surface area contributed by atoms with Crippen LogP contribution in [0.2, 0.25) is 0 Å². The lowest BCUT2D eigenvalue weighted by atomic mass is 9.98. The van der Waals surface area contributed by atoms with Gasteiger partial charge in [0.25, 0.3) is 5.91 Å². The molecule has 1 aromatic heterocycles. The minimum absolute atomic E-state index is 0.0791. The molecule has 180 valence electrons. The summed E-state index contributed by atoms with van der Waals surface area (Å²) in [7, 11) is 0. The fourth-order valence-corrected chi connectivity index (χ4v) is 4.55. The molecule has 3 aromatic rings. The third-order valence-electron chi connectivity index (χ3n) is 6.38. The van der Waals surface area contributed by atoms with E-state index in [1.165, 1.54) is 0 Å². The van der Waals surface area contributed by atoms with Crippen molar-refractivity contribution < 1.29 is 33.4 Å².